The zero-order chi connectivity index (χ0) is 19.2. The quantitative estimate of drug-likeness (QED) is 0.267. The second-order valence-electron chi connectivity index (χ2n) is 5.65. The number of benzene rings is 2. The number of halogens is 1. The van der Waals surface area contributed by atoms with E-state index in [1.165, 1.54) is 23.5 Å². The number of ether oxygens (including phenoxy) is 1. The highest BCUT2D eigenvalue weighted by atomic mass is 35.5. The molecule has 0 radical (unpaired) electrons. The average molecular weight is 396 g/mol. The number of esters is 1. The van der Waals surface area contributed by atoms with Crippen molar-refractivity contribution in [2.24, 2.45) is 0 Å². The number of hydrogen-bond donors (Lipinski definition) is 0. The van der Waals surface area contributed by atoms with Crippen molar-refractivity contribution in [1.29, 1.82) is 5.26 Å². The molecule has 2 aromatic carbocycles. The first-order chi connectivity index (χ1) is 13.0. The molecule has 0 fully saturated rings. The van der Waals surface area contributed by atoms with Gasteiger partial charge in [-0.1, -0.05) is 53.2 Å². The van der Waals surface area contributed by atoms with Crippen LogP contribution in [-0.4, -0.2) is 15.9 Å². The summed E-state index contributed by atoms with van der Waals surface area (Å²) in [6, 6.07) is 16.3. The molecule has 0 aliphatic rings. The third-order valence-corrected chi connectivity index (χ3v) is 4.77. The molecule has 7 heteroatoms. The number of aryl methyl sites for hydroxylation is 1. The molecule has 0 aliphatic carbocycles. The van der Waals surface area contributed by atoms with Crippen LogP contribution < -0.4 is 4.74 Å². The van der Waals surface area contributed by atoms with Crippen LogP contribution in [0.25, 0.3) is 0 Å². The Labute approximate surface area is 166 Å². The van der Waals surface area contributed by atoms with Crippen LogP contribution in [0.5, 0.6) is 5.75 Å². The number of rotatable bonds is 5. The zero-order valence-corrected chi connectivity index (χ0v) is 15.9. The molecule has 3 aromatic rings. The molecule has 0 atom stereocenters. The van der Waals surface area contributed by atoms with Crippen molar-refractivity contribution in [2.75, 3.05) is 0 Å². The minimum absolute atomic E-state index is 0.00256. The lowest BCUT2D eigenvalue weighted by Gasteiger charge is -2.07. The summed E-state index contributed by atoms with van der Waals surface area (Å²) < 4.78 is 5.28. The van der Waals surface area contributed by atoms with Gasteiger partial charge in [-0.2, -0.15) is 5.26 Å². The van der Waals surface area contributed by atoms with Gasteiger partial charge in [0.2, 0.25) is 0 Å². The van der Waals surface area contributed by atoms with Crippen molar-refractivity contribution < 1.29 is 9.53 Å². The Balaban J connectivity index is 1.72. The van der Waals surface area contributed by atoms with Crippen LogP contribution in [0, 0.1) is 18.3 Å². The summed E-state index contributed by atoms with van der Waals surface area (Å²) in [6.45, 7) is 2.03. The monoisotopic (exact) mass is 395 g/mol. The first kappa shape index (κ1) is 18.9. The molecule has 0 aliphatic heterocycles. The van der Waals surface area contributed by atoms with E-state index in [0.717, 1.165) is 5.56 Å². The van der Waals surface area contributed by atoms with Gasteiger partial charge in [0.15, 0.2) is 10.9 Å². The molecule has 0 N–H and O–H groups in total. The molecule has 0 saturated heterocycles. The fourth-order valence-electron chi connectivity index (χ4n) is 2.27. The smallest absolute Gasteiger partial charge is 0.364 e. The van der Waals surface area contributed by atoms with Crippen LogP contribution in [0.4, 0.5) is 0 Å². The van der Waals surface area contributed by atoms with Gasteiger partial charge in [0.05, 0.1) is 22.9 Å². The van der Waals surface area contributed by atoms with Gasteiger partial charge in [-0.05, 0) is 36.8 Å². The van der Waals surface area contributed by atoms with E-state index < -0.39 is 5.97 Å². The summed E-state index contributed by atoms with van der Waals surface area (Å²) in [5.74, 6) is 0.306. The van der Waals surface area contributed by atoms with Crippen molar-refractivity contribution in [2.45, 2.75) is 17.8 Å². The summed E-state index contributed by atoms with van der Waals surface area (Å²) >= 11 is 7.47. The maximum absolute atomic E-state index is 12.4. The molecule has 0 bridgehead atoms. The number of aromatic nitrogens is 2. The normalized spacial score (nSPS) is 10.3. The van der Waals surface area contributed by atoms with E-state index in [0.29, 0.717) is 22.2 Å². The van der Waals surface area contributed by atoms with E-state index in [1.807, 2.05) is 31.2 Å². The van der Waals surface area contributed by atoms with Crippen LogP contribution in [0.15, 0.2) is 59.9 Å². The SMILES string of the molecule is Cc1cccc(CSc2ncc(Cl)c(C(=O)Oc3ccc(C#N)cc3)n2)c1. The van der Waals surface area contributed by atoms with E-state index in [9.17, 15) is 4.79 Å². The van der Waals surface area contributed by atoms with Crippen molar-refractivity contribution >= 4 is 29.3 Å². The van der Waals surface area contributed by atoms with Gasteiger partial charge in [0.25, 0.3) is 0 Å². The Morgan fingerprint density at radius 1 is 1.26 bits per heavy atom. The summed E-state index contributed by atoms with van der Waals surface area (Å²) in [7, 11) is 0. The van der Waals surface area contributed by atoms with Crippen molar-refractivity contribution in [3.63, 3.8) is 0 Å². The molecule has 134 valence electrons. The fraction of sp³-hybridized carbons (Fsp3) is 0.100. The highest BCUT2D eigenvalue weighted by Gasteiger charge is 2.17. The third-order valence-electron chi connectivity index (χ3n) is 3.56. The number of carbonyl (C=O) groups excluding carboxylic acids is 1. The minimum Gasteiger partial charge on any atom is -0.422 e. The first-order valence-electron chi connectivity index (χ1n) is 7.98. The highest BCUT2D eigenvalue weighted by molar-refractivity contribution is 7.98. The average Bonchev–Trinajstić information content (AvgIpc) is 2.68. The third kappa shape index (κ3) is 5.07. The molecule has 0 spiro atoms. The van der Waals surface area contributed by atoms with Gasteiger partial charge in [-0.15, -0.1) is 0 Å². The molecule has 1 heterocycles. The lowest BCUT2D eigenvalue weighted by atomic mass is 10.2. The number of nitriles is 1. The Morgan fingerprint density at radius 2 is 2.04 bits per heavy atom. The molecule has 1 aromatic heterocycles. The van der Waals surface area contributed by atoms with Gasteiger partial charge in [-0.25, -0.2) is 14.8 Å². The van der Waals surface area contributed by atoms with Crippen LogP contribution >= 0.6 is 23.4 Å². The van der Waals surface area contributed by atoms with E-state index in [4.69, 9.17) is 21.6 Å². The fourth-order valence-corrected chi connectivity index (χ4v) is 3.19. The van der Waals surface area contributed by atoms with Crippen molar-refractivity contribution in [1.82, 2.24) is 9.97 Å². The molecular weight excluding hydrogens is 382 g/mol. The van der Waals surface area contributed by atoms with E-state index in [1.54, 1.807) is 24.3 Å². The Morgan fingerprint density at radius 3 is 2.74 bits per heavy atom. The van der Waals surface area contributed by atoms with Crippen molar-refractivity contribution in [3.8, 4) is 11.8 Å². The van der Waals surface area contributed by atoms with E-state index >= 15 is 0 Å². The first-order valence-corrected chi connectivity index (χ1v) is 9.35. The van der Waals surface area contributed by atoms with Crippen LogP contribution in [0.3, 0.4) is 0 Å². The van der Waals surface area contributed by atoms with Gasteiger partial charge in [0.1, 0.15) is 5.75 Å². The van der Waals surface area contributed by atoms with Crippen LogP contribution in [-0.2, 0) is 5.75 Å². The summed E-state index contributed by atoms with van der Waals surface area (Å²) in [5.41, 5.74) is 2.80. The highest BCUT2D eigenvalue weighted by Crippen LogP contribution is 2.23. The second kappa shape index (κ2) is 8.67. The lowest BCUT2D eigenvalue weighted by molar-refractivity contribution is 0.0727. The Hall–Kier alpha value is -2.88. The van der Waals surface area contributed by atoms with Gasteiger partial charge in [0, 0.05) is 5.75 Å². The minimum atomic E-state index is -0.676. The van der Waals surface area contributed by atoms with Gasteiger partial charge in [-0.3, -0.25) is 0 Å². The molecule has 0 saturated carbocycles. The Kier molecular flexibility index (Phi) is 6.07. The predicted molar refractivity (Wildman–Crippen MR) is 104 cm³/mol. The number of hydrogen-bond acceptors (Lipinski definition) is 6. The maximum atomic E-state index is 12.4. The molecule has 5 nitrogen and oxygen atoms in total. The molecule has 0 unspecified atom stereocenters. The molecule has 0 amide bonds. The number of thioether (sulfide) groups is 1. The molecule has 27 heavy (non-hydrogen) atoms. The largest absolute Gasteiger partial charge is 0.422 e. The summed E-state index contributed by atoms with van der Waals surface area (Å²) in [6.07, 6.45) is 1.39. The van der Waals surface area contributed by atoms with Crippen LogP contribution in [0.2, 0.25) is 5.02 Å². The number of carbonyl (C=O) groups is 1. The van der Waals surface area contributed by atoms with E-state index in [2.05, 4.69) is 16.0 Å². The molecular formula is C20H14ClN3O2S. The summed E-state index contributed by atoms with van der Waals surface area (Å²) in [4.78, 5) is 20.8. The second-order valence-corrected chi connectivity index (χ2v) is 7.00. The van der Waals surface area contributed by atoms with Gasteiger partial charge >= 0.3 is 5.97 Å². The number of nitrogens with zero attached hydrogens (tertiary/aromatic N) is 3. The Bertz CT molecular complexity index is 1020. The predicted octanol–water partition coefficient (Wildman–Crippen LogP) is 4.82. The lowest BCUT2D eigenvalue weighted by Crippen LogP contribution is -2.12. The standard InChI is InChI=1S/C20H14ClN3O2S/c1-13-3-2-4-15(9-13)12-27-20-23-11-17(21)18(24-20)19(25)26-16-7-5-14(10-22)6-8-16/h2-9,11H,12H2,1H3. The maximum Gasteiger partial charge on any atom is 0.364 e. The van der Waals surface area contributed by atoms with Crippen LogP contribution in [0.1, 0.15) is 27.2 Å². The molecule has 3 rings (SSSR count). The van der Waals surface area contributed by atoms with Crippen molar-refractivity contribution in [3.05, 3.63) is 82.1 Å². The topological polar surface area (TPSA) is 75.9 Å². The summed E-state index contributed by atoms with van der Waals surface area (Å²) in [5, 5.41) is 9.37. The van der Waals surface area contributed by atoms with E-state index in [-0.39, 0.29) is 10.7 Å². The zero-order valence-electron chi connectivity index (χ0n) is 14.3. The van der Waals surface area contributed by atoms with Gasteiger partial charge < -0.3 is 4.74 Å².